The summed E-state index contributed by atoms with van der Waals surface area (Å²) in [5, 5.41) is 31.8. The van der Waals surface area contributed by atoms with Crippen molar-refractivity contribution in [3.05, 3.63) is 47.5 Å². The number of aromatic hydroxyl groups is 2. The Kier molecular flexibility index (Phi) is 4.47. The van der Waals surface area contributed by atoms with Crippen LogP contribution in [0.4, 0.5) is 5.69 Å². The minimum Gasteiger partial charge on any atom is -0.507 e. The van der Waals surface area contributed by atoms with Gasteiger partial charge in [0.1, 0.15) is 11.3 Å². The molecule has 0 radical (unpaired) electrons. The molecule has 0 fully saturated rings. The van der Waals surface area contributed by atoms with E-state index in [1.807, 2.05) is 0 Å². The molecule has 0 spiro atoms. The van der Waals surface area contributed by atoms with Gasteiger partial charge in [0.05, 0.1) is 19.0 Å². The summed E-state index contributed by atoms with van der Waals surface area (Å²) in [5.74, 6) is -1.20. The van der Waals surface area contributed by atoms with Crippen molar-refractivity contribution in [2.75, 3.05) is 12.5 Å². The number of benzene rings is 2. The first-order valence-electron chi connectivity index (χ1n) is 6.23. The van der Waals surface area contributed by atoms with Crippen molar-refractivity contribution in [1.82, 2.24) is 0 Å². The molecule has 4 N–H and O–H groups in total. The average Bonchev–Trinajstić information content (AvgIpc) is 2.50. The number of hydrogen-bond donors (Lipinski definition) is 4. The lowest BCUT2D eigenvalue weighted by Gasteiger charge is -2.05. The number of nitrogens with one attached hydrogen (secondary N) is 1. The van der Waals surface area contributed by atoms with E-state index in [9.17, 15) is 15.0 Å². The molecule has 0 unspecified atom stereocenters. The number of hydrazone groups is 1. The molecular formula is C15H14N2O5. The van der Waals surface area contributed by atoms with Crippen LogP contribution >= 0.6 is 0 Å². The Hall–Kier alpha value is -3.22. The maximum absolute atomic E-state index is 10.9. The van der Waals surface area contributed by atoms with Gasteiger partial charge in [0.2, 0.25) is 0 Å². The van der Waals surface area contributed by atoms with Crippen LogP contribution in [0, 0.1) is 0 Å². The van der Waals surface area contributed by atoms with E-state index in [1.54, 1.807) is 12.1 Å². The van der Waals surface area contributed by atoms with Crippen molar-refractivity contribution in [2.24, 2.45) is 5.10 Å². The van der Waals surface area contributed by atoms with Gasteiger partial charge in [0, 0.05) is 0 Å². The Balaban J connectivity index is 2.12. The van der Waals surface area contributed by atoms with E-state index in [0.29, 0.717) is 17.0 Å². The van der Waals surface area contributed by atoms with Gasteiger partial charge in [-0.2, -0.15) is 5.10 Å². The molecule has 2 aromatic carbocycles. The van der Waals surface area contributed by atoms with Crippen LogP contribution in [0.15, 0.2) is 41.5 Å². The summed E-state index contributed by atoms with van der Waals surface area (Å²) in [5.41, 5.74) is 3.54. The fourth-order valence-corrected chi connectivity index (χ4v) is 1.73. The summed E-state index contributed by atoms with van der Waals surface area (Å²) in [6, 6.07) is 8.75. The summed E-state index contributed by atoms with van der Waals surface area (Å²) >= 11 is 0. The third-order valence-electron chi connectivity index (χ3n) is 2.84. The number of methoxy groups -OCH3 is 1. The highest BCUT2D eigenvalue weighted by molar-refractivity contribution is 5.92. The number of anilines is 1. The Morgan fingerprint density at radius 3 is 2.59 bits per heavy atom. The molecule has 0 aromatic heterocycles. The summed E-state index contributed by atoms with van der Waals surface area (Å²) in [7, 11) is 1.44. The van der Waals surface area contributed by atoms with Gasteiger partial charge in [-0.15, -0.1) is 0 Å². The van der Waals surface area contributed by atoms with E-state index in [4.69, 9.17) is 9.84 Å². The highest BCUT2D eigenvalue weighted by atomic mass is 16.5. The van der Waals surface area contributed by atoms with Crippen molar-refractivity contribution in [1.29, 1.82) is 0 Å². The second kappa shape index (κ2) is 6.49. The molecule has 0 saturated heterocycles. The van der Waals surface area contributed by atoms with Gasteiger partial charge in [-0.05, 0) is 42.0 Å². The van der Waals surface area contributed by atoms with Crippen LogP contribution in [0.2, 0.25) is 0 Å². The monoisotopic (exact) mass is 302 g/mol. The smallest absolute Gasteiger partial charge is 0.339 e. The third-order valence-corrected chi connectivity index (χ3v) is 2.84. The fraction of sp³-hybridized carbons (Fsp3) is 0.0667. The van der Waals surface area contributed by atoms with Gasteiger partial charge < -0.3 is 20.1 Å². The molecule has 7 nitrogen and oxygen atoms in total. The first-order valence-corrected chi connectivity index (χ1v) is 6.23. The molecule has 22 heavy (non-hydrogen) atoms. The van der Waals surface area contributed by atoms with Crippen LogP contribution in [0.3, 0.4) is 0 Å². The lowest BCUT2D eigenvalue weighted by Crippen LogP contribution is -1.98. The molecule has 2 aromatic rings. The number of ether oxygens (including phenoxy) is 1. The number of carbonyl (C=O) groups is 1. The minimum absolute atomic E-state index is 0.0252. The van der Waals surface area contributed by atoms with Crippen LogP contribution in [-0.2, 0) is 0 Å². The molecule has 114 valence electrons. The molecule has 2 rings (SSSR count). The normalized spacial score (nSPS) is 10.6. The quantitative estimate of drug-likeness (QED) is 0.383. The maximum atomic E-state index is 10.9. The summed E-state index contributed by atoms with van der Waals surface area (Å²) in [6.07, 6.45) is 1.48. The first-order chi connectivity index (χ1) is 10.5. The van der Waals surface area contributed by atoms with Crippen LogP contribution < -0.4 is 10.2 Å². The molecule has 0 aliphatic carbocycles. The van der Waals surface area contributed by atoms with E-state index in [2.05, 4.69) is 10.5 Å². The molecule has 0 bridgehead atoms. The third kappa shape index (κ3) is 3.45. The topological polar surface area (TPSA) is 111 Å². The highest BCUT2D eigenvalue weighted by Gasteiger charge is 2.09. The number of nitrogens with zero attached hydrogens (tertiary/aromatic N) is 1. The number of rotatable bonds is 5. The standard InChI is InChI=1S/C15H14N2O5/c1-22-14-6-9(2-4-13(14)19)8-16-17-10-3-5-12(18)11(7-10)15(20)21/h2-8,17-19H,1H3,(H,20,21). The molecule has 0 atom stereocenters. The zero-order chi connectivity index (χ0) is 16.1. The zero-order valence-corrected chi connectivity index (χ0v) is 11.6. The van der Waals surface area contributed by atoms with Gasteiger partial charge >= 0.3 is 5.97 Å². The van der Waals surface area contributed by atoms with Gasteiger partial charge in [0.15, 0.2) is 11.5 Å². The predicted molar refractivity (Wildman–Crippen MR) is 80.9 cm³/mol. The zero-order valence-electron chi connectivity index (χ0n) is 11.6. The van der Waals surface area contributed by atoms with Gasteiger partial charge in [-0.25, -0.2) is 4.79 Å². The number of carboxylic acids is 1. The van der Waals surface area contributed by atoms with Gasteiger partial charge in [-0.3, -0.25) is 5.43 Å². The molecule has 7 heteroatoms. The second-order valence-corrected chi connectivity index (χ2v) is 4.34. The minimum atomic E-state index is -1.23. The van der Waals surface area contributed by atoms with Crippen molar-refractivity contribution < 1.29 is 24.9 Å². The first kappa shape index (κ1) is 15.2. The largest absolute Gasteiger partial charge is 0.507 e. The molecule has 0 saturated carbocycles. The number of phenolic OH excluding ortho intramolecular Hbond substituents is 1. The molecular weight excluding hydrogens is 288 g/mol. The van der Waals surface area contributed by atoms with Crippen LogP contribution in [0.25, 0.3) is 0 Å². The number of aromatic carboxylic acids is 1. The predicted octanol–water partition coefficient (Wildman–Crippen LogP) is 2.25. The molecule has 0 heterocycles. The van der Waals surface area contributed by atoms with Crippen LogP contribution in [0.5, 0.6) is 17.2 Å². The summed E-state index contributed by atoms with van der Waals surface area (Å²) in [4.78, 5) is 10.9. The Morgan fingerprint density at radius 2 is 1.91 bits per heavy atom. The second-order valence-electron chi connectivity index (χ2n) is 4.34. The van der Waals surface area contributed by atoms with E-state index < -0.39 is 5.97 Å². The van der Waals surface area contributed by atoms with Gasteiger partial charge in [0.25, 0.3) is 0 Å². The summed E-state index contributed by atoms with van der Waals surface area (Å²) < 4.78 is 4.98. The molecule has 0 aliphatic rings. The van der Waals surface area contributed by atoms with Crippen LogP contribution in [0.1, 0.15) is 15.9 Å². The Labute approximate surface area is 126 Å². The lowest BCUT2D eigenvalue weighted by molar-refractivity contribution is 0.0694. The van der Waals surface area contributed by atoms with Crippen molar-refractivity contribution in [3.63, 3.8) is 0 Å². The van der Waals surface area contributed by atoms with Gasteiger partial charge in [-0.1, -0.05) is 0 Å². The highest BCUT2D eigenvalue weighted by Crippen LogP contribution is 2.25. The number of carboxylic acid groups (broad SMARTS) is 1. The Bertz CT molecular complexity index is 728. The SMILES string of the molecule is COc1cc(C=NNc2ccc(O)c(C(=O)O)c2)ccc1O. The van der Waals surface area contributed by atoms with Crippen molar-refractivity contribution in [3.8, 4) is 17.2 Å². The van der Waals surface area contributed by atoms with Crippen LogP contribution in [-0.4, -0.2) is 34.6 Å². The average molecular weight is 302 g/mol. The fourth-order valence-electron chi connectivity index (χ4n) is 1.73. The van der Waals surface area contributed by atoms with E-state index in [0.717, 1.165) is 0 Å². The molecule has 0 amide bonds. The maximum Gasteiger partial charge on any atom is 0.339 e. The van der Waals surface area contributed by atoms with E-state index in [1.165, 1.54) is 37.6 Å². The van der Waals surface area contributed by atoms with Crippen molar-refractivity contribution in [2.45, 2.75) is 0 Å². The number of hydrogen-bond acceptors (Lipinski definition) is 6. The molecule has 0 aliphatic heterocycles. The summed E-state index contributed by atoms with van der Waals surface area (Å²) in [6.45, 7) is 0. The number of phenols is 2. The van der Waals surface area contributed by atoms with E-state index >= 15 is 0 Å². The lowest BCUT2D eigenvalue weighted by atomic mass is 10.2. The van der Waals surface area contributed by atoms with E-state index in [-0.39, 0.29) is 17.1 Å². The van der Waals surface area contributed by atoms with Crippen molar-refractivity contribution >= 4 is 17.9 Å². The Morgan fingerprint density at radius 1 is 1.18 bits per heavy atom.